The number of hydrogen-bond donors (Lipinski definition) is 2. The van der Waals surface area contributed by atoms with Gasteiger partial charge in [-0.25, -0.2) is 4.98 Å². The third kappa shape index (κ3) is 4.37. The summed E-state index contributed by atoms with van der Waals surface area (Å²) in [6.07, 6.45) is -1.58. The number of aromatic amines is 1. The molecule has 0 radical (unpaired) electrons. The Labute approximate surface area is 175 Å². The van der Waals surface area contributed by atoms with Gasteiger partial charge in [-0.3, -0.25) is 9.59 Å². The normalized spacial score (nSPS) is 15.3. The fourth-order valence-corrected chi connectivity index (χ4v) is 3.68. The maximum atomic E-state index is 12.8. The number of pyridine rings is 1. The van der Waals surface area contributed by atoms with Gasteiger partial charge in [-0.15, -0.1) is 0 Å². The summed E-state index contributed by atoms with van der Waals surface area (Å²) in [5.74, 6) is 0.782. The highest BCUT2D eigenvalue weighted by atomic mass is 19.4. The van der Waals surface area contributed by atoms with Gasteiger partial charge < -0.3 is 15.2 Å². The highest BCUT2D eigenvalue weighted by Crippen LogP contribution is 2.31. The zero-order chi connectivity index (χ0) is 22.2. The van der Waals surface area contributed by atoms with Gasteiger partial charge in [0.25, 0.3) is 5.56 Å². The number of fused-ring (bicyclic) bond motifs is 1. The van der Waals surface area contributed by atoms with Crippen LogP contribution in [0.4, 0.5) is 30.6 Å². The first kappa shape index (κ1) is 20.8. The van der Waals surface area contributed by atoms with E-state index >= 15 is 0 Å². The average Bonchev–Trinajstić information content (AvgIpc) is 2.73. The fraction of sp³-hybridized carbons (Fsp3) is 0.333. The largest absolute Gasteiger partial charge is 0.416 e. The lowest BCUT2D eigenvalue weighted by molar-refractivity contribution is -0.137. The quantitative estimate of drug-likeness (QED) is 0.652. The standard InChI is InChI=1S/C21H20F3N5O2/c1-12(30)13-7-10-29(11-8-13)20-27-16-6-9-25-19(31)17(16)18(28-20)26-15-4-2-14(3-5-15)21(22,23)24/h2-6,9,13H,7-8,10-11H2,1H3,(H,25,31)(H,26,27,28). The summed E-state index contributed by atoms with van der Waals surface area (Å²) in [6.45, 7) is 2.78. The second kappa shape index (κ2) is 8.01. The van der Waals surface area contributed by atoms with Crippen LogP contribution in [0.25, 0.3) is 10.9 Å². The van der Waals surface area contributed by atoms with Crippen LogP contribution in [0.5, 0.6) is 0 Å². The first-order valence-electron chi connectivity index (χ1n) is 9.81. The highest BCUT2D eigenvalue weighted by Gasteiger charge is 2.30. The zero-order valence-electron chi connectivity index (χ0n) is 16.7. The molecule has 3 heterocycles. The summed E-state index contributed by atoms with van der Waals surface area (Å²) in [4.78, 5) is 37.5. The lowest BCUT2D eigenvalue weighted by Crippen LogP contribution is -2.37. The summed E-state index contributed by atoms with van der Waals surface area (Å²) >= 11 is 0. The molecular formula is C21H20F3N5O2. The second-order valence-electron chi connectivity index (χ2n) is 7.51. The number of H-pyrrole nitrogens is 1. The molecule has 1 fully saturated rings. The van der Waals surface area contributed by atoms with Crippen LogP contribution in [0, 0.1) is 5.92 Å². The topological polar surface area (TPSA) is 91.0 Å². The van der Waals surface area contributed by atoms with E-state index in [1.807, 2.05) is 4.90 Å². The minimum absolute atomic E-state index is 0.0179. The number of hydrogen-bond acceptors (Lipinski definition) is 6. The van der Waals surface area contributed by atoms with Crippen molar-refractivity contribution in [3.63, 3.8) is 0 Å². The van der Waals surface area contributed by atoms with Crippen LogP contribution in [-0.2, 0) is 11.0 Å². The van der Waals surface area contributed by atoms with Crippen molar-refractivity contribution < 1.29 is 18.0 Å². The van der Waals surface area contributed by atoms with Crippen LogP contribution >= 0.6 is 0 Å². The smallest absolute Gasteiger partial charge is 0.341 e. The summed E-state index contributed by atoms with van der Waals surface area (Å²) in [7, 11) is 0. The van der Waals surface area contributed by atoms with Crippen molar-refractivity contribution in [2.24, 2.45) is 5.92 Å². The molecule has 1 saturated heterocycles. The van der Waals surface area contributed by atoms with Crippen molar-refractivity contribution >= 4 is 34.1 Å². The number of aromatic nitrogens is 3. The van der Waals surface area contributed by atoms with Crippen LogP contribution in [0.3, 0.4) is 0 Å². The zero-order valence-corrected chi connectivity index (χ0v) is 16.7. The van der Waals surface area contributed by atoms with Crippen molar-refractivity contribution in [3.05, 3.63) is 52.4 Å². The number of ketones is 1. The van der Waals surface area contributed by atoms with E-state index in [1.165, 1.54) is 18.3 Å². The third-order valence-electron chi connectivity index (χ3n) is 5.44. The van der Waals surface area contributed by atoms with Crippen molar-refractivity contribution in [1.82, 2.24) is 15.0 Å². The van der Waals surface area contributed by atoms with E-state index < -0.39 is 17.3 Å². The monoisotopic (exact) mass is 431 g/mol. The van der Waals surface area contributed by atoms with Crippen LogP contribution in [0.15, 0.2) is 41.3 Å². The van der Waals surface area contributed by atoms with Crippen LogP contribution < -0.4 is 15.8 Å². The van der Waals surface area contributed by atoms with Crippen LogP contribution in [0.1, 0.15) is 25.3 Å². The van der Waals surface area contributed by atoms with Gasteiger partial charge in [0.15, 0.2) is 0 Å². The molecule has 31 heavy (non-hydrogen) atoms. The minimum atomic E-state index is -4.43. The molecule has 0 saturated carbocycles. The van der Waals surface area contributed by atoms with E-state index in [9.17, 15) is 22.8 Å². The van der Waals surface area contributed by atoms with E-state index in [4.69, 9.17) is 0 Å². The van der Waals surface area contributed by atoms with Crippen LogP contribution in [0.2, 0.25) is 0 Å². The Morgan fingerprint density at radius 1 is 1.13 bits per heavy atom. The second-order valence-corrected chi connectivity index (χ2v) is 7.51. The Hall–Kier alpha value is -3.43. The number of nitrogens with one attached hydrogen (secondary N) is 2. The number of carbonyl (C=O) groups excluding carboxylic acids is 1. The van der Waals surface area contributed by atoms with Gasteiger partial charge in [-0.05, 0) is 50.1 Å². The number of alkyl halides is 3. The Kier molecular flexibility index (Phi) is 5.38. The number of anilines is 3. The van der Waals surface area contributed by atoms with Crippen molar-refractivity contribution in [2.75, 3.05) is 23.3 Å². The van der Waals surface area contributed by atoms with Crippen LogP contribution in [-0.4, -0.2) is 33.8 Å². The molecule has 1 aromatic carbocycles. The Bertz CT molecular complexity index is 1170. The molecule has 0 bridgehead atoms. The van der Waals surface area contributed by atoms with E-state index in [0.717, 1.165) is 12.1 Å². The lowest BCUT2D eigenvalue weighted by atomic mass is 9.93. The third-order valence-corrected chi connectivity index (χ3v) is 5.44. The van der Waals surface area contributed by atoms with Gasteiger partial charge >= 0.3 is 6.18 Å². The molecule has 0 atom stereocenters. The van der Waals surface area contributed by atoms with E-state index in [-0.39, 0.29) is 22.9 Å². The predicted octanol–water partition coefficient (Wildman–Crippen LogP) is 3.89. The summed E-state index contributed by atoms with van der Waals surface area (Å²) in [5, 5.41) is 3.17. The maximum absolute atomic E-state index is 12.8. The number of halogens is 3. The molecule has 0 aliphatic carbocycles. The van der Waals surface area contributed by atoms with E-state index in [2.05, 4.69) is 20.3 Å². The fourth-order valence-electron chi connectivity index (χ4n) is 3.68. The Balaban J connectivity index is 1.69. The first-order chi connectivity index (χ1) is 14.7. The molecule has 1 aliphatic heterocycles. The highest BCUT2D eigenvalue weighted by molar-refractivity contribution is 5.91. The molecule has 2 aromatic heterocycles. The first-order valence-corrected chi connectivity index (χ1v) is 9.81. The molecule has 7 nitrogen and oxygen atoms in total. The average molecular weight is 431 g/mol. The lowest BCUT2D eigenvalue weighted by Gasteiger charge is -2.31. The molecule has 1 aliphatic rings. The van der Waals surface area contributed by atoms with Gasteiger partial charge in [0, 0.05) is 30.9 Å². The van der Waals surface area contributed by atoms with Crippen molar-refractivity contribution in [1.29, 1.82) is 0 Å². The molecule has 4 rings (SSSR count). The van der Waals surface area contributed by atoms with Gasteiger partial charge in [0.05, 0.1) is 11.1 Å². The Morgan fingerprint density at radius 2 is 1.81 bits per heavy atom. The molecular weight excluding hydrogens is 411 g/mol. The van der Waals surface area contributed by atoms with Gasteiger partial charge in [0.2, 0.25) is 5.95 Å². The number of piperidine rings is 1. The van der Waals surface area contributed by atoms with Gasteiger partial charge in [-0.2, -0.15) is 18.2 Å². The molecule has 0 unspecified atom stereocenters. The maximum Gasteiger partial charge on any atom is 0.416 e. The summed E-state index contributed by atoms with van der Waals surface area (Å²) in [5.41, 5.74) is -0.402. The molecule has 0 spiro atoms. The van der Waals surface area contributed by atoms with Gasteiger partial charge in [0.1, 0.15) is 17.0 Å². The molecule has 3 aromatic rings. The van der Waals surface area contributed by atoms with Gasteiger partial charge in [-0.1, -0.05) is 0 Å². The SMILES string of the molecule is CC(=O)C1CCN(c2nc(Nc3ccc(C(F)(F)F)cc3)c3c(=O)[nH]ccc3n2)CC1. The van der Waals surface area contributed by atoms with E-state index in [0.29, 0.717) is 43.1 Å². The number of nitrogens with zero attached hydrogens (tertiary/aromatic N) is 3. The Morgan fingerprint density at radius 3 is 2.42 bits per heavy atom. The molecule has 10 heteroatoms. The minimum Gasteiger partial charge on any atom is -0.341 e. The van der Waals surface area contributed by atoms with E-state index in [1.54, 1.807) is 13.0 Å². The van der Waals surface area contributed by atoms with Crippen molar-refractivity contribution in [3.8, 4) is 0 Å². The number of carbonyl (C=O) groups is 1. The number of Topliss-reactive ketones (excluding diaryl/α,β-unsaturated/α-hetero) is 1. The number of benzene rings is 1. The summed E-state index contributed by atoms with van der Waals surface area (Å²) < 4.78 is 38.5. The summed E-state index contributed by atoms with van der Waals surface area (Å²) in [6, 6.07) is 6.13. The van der Waals surface area contributed by atoms with Crippen molar-refractivity contribution in [2.45, 2.75) is 25.9 Å². The molecule has 2 N–H and O–H groups in total. The molecule has 0 amide bonds. The number of rotatable bonds is 4. The molecule has 162 valence electrons. The predicted molar refractivity (Wildman–Crippen MR) is 111 cm³/mol.